The molecule has 1 aromatic carbocycles. The quantitative estimate of drug-likeness (QED) is 0.643. The van der Waals surface area contributed by atoms with Gasteiger partial charge in [0.15, 0.2) is 0 Å². The molecule has 1 unspecified atom stereocenters. The zero-order valence-electron chi connectivity index (χ0n) is 20.6. The second-order valence-corrected chi connectivity index (χ2v) is 9.87. The van der Waals surface area contributed by atoms with E-state index in [-0.39, 0.29) is 17.9 Å². The van der Waals surface area contributed by atoms with Crippen molar-refractivity contribution in [3.05, 3.63) is 35.5 Å². The molecule has 2 aliphatic rings. The maximum absolute atomic E-state index is 13.8. The predicted molar refractivity (Wildman–Crippen MR) is 132 cm³/mol. The molecule has 0 bridgehead atoms. The van der Waals surface area contributed by atoms with Gasteiger partial charge in [-0.25, -0.2) is 4.79 Å². The molecule has 1 aliphatic carbocycles. The number of rotatable bonds is 8. The Labute approximate surface area is 197 Å². The lowest BCUT2D eigenvalue weighted by Crippen LogP contribution is -2.55. The third-order valence-corrected chi connectivity index (χ3v) is 7.26. The number of urea groups is 1. The van der Waals surface area contributed by atoms with Crippen LogP contribution in [-0.2, 0) is 11.2 Å². The van der Waals surface area contributed by atoms with E-state index in [0.29, 0.717) is 25.0 Å². The number of amides is 3. The van der Waals surface area contributed by atoms with Crippen LogP contribution in [0.4, 0.5) is 4.79 Å². The zero-order chi connectivity index (χ0) is 23.5. The second kappa shape index (κ2) is 10.3. The number of nitrogens with zero attached hydrogens (tertiary/aromatic N) is 3. The van der Waals surface area contributed by atoms with Crippen molar-refractivity contribution in [3.8, 4) is 0 Å². The zero-order valence-corrected chi connectivity index (χ0v) is 20.6. The summed E-state index contributed by atoms with van der Waals surface area (Å²) in [4.78, 5) is 36.1. The van der Waals surface area contributed by atoms with Crippen LogP contribution in [0.2, 0.25) is 0 Å². The molecule has 33 heavy (non-hydrogen) atoms. The number of hydrogen-bond acceptors (Lipinski definition) is 4. The molecule has 2 aromatic rings. The summed E-state index contributed by atoms with van der Waals surface area (Å²) in [5, 5.41) is 4.20. The molecule has 7 nitrogen and oxygen atoms in total. The fraction of sp³-hybridized carbons (Fsp3) is 0.615. The van der Waals surface area contributed by atoms with Gasteiger partial charge in [-0.2, -0.15) is 0 Å². The number of fused-ring (bicyclic) bond motifs is 2. The van der Waals surface area contributed by atoms with Gasteiger partial charge in [0.2, 0.25) is 5.91 Å². The van der Waals surface area contributed by atoms with Crippen molar-refractivity contribution in [2.75, 3.05) is 46.8 Å². The highest BCUT2D eigenvalue weighted by atomic mass is 16.2. The standard InChI is InChI=1S/C26H39N5O2/c1-5-11-30-17-19(25(32)31(26(33)27-6-2)13-8-12-29(3)4)14-21-20-9-7-10-22-24(20)18(16-28-22)15-23(21)30/h7,9-10,16,19,21,23,28H,5-6,8,11-15,17H2,1-4H3,(H,27,33)/t19-,21?,23-/m1/s1. The summed E-state index contributed by atoms with van der Waals surface area (Å²) in [6.45, 7) is 7.62. The molecule has 0 radical (unpaired) electrons. The Kier molecular flexibility index (Phi) is 7.39. The van der Waals surface area contributed by atoms with E-state index in [9.17, 15) is 9.59 Å². The van der Waals surface area contributed by atoms with Gasteiger partial charge in [-0.05, 0) is 77.0 Å². The topological polar surface area (TPSA) is 71.7 Å². The van der Waals surface area contributed by atoms with Crippen molar-refractivity contribution in [2.45, 2.75) is 51.5 Å². The number of H-pyrrole nitrogens is 1. The molecule has 0 spiro atoms. The van der Waals surface area contributed by atoms with Crippen LogP contribution in [0, 0.1) is 5.92 Å². The Morgan fingerprint density at radius 1 is 1.21 bits per heavy atom. The number of aromatic amines is 1. The van der Waals surface area contributed by atoms with Gasteiger partial charge >= 0.3 is 6.03 Å². The molecule has 1 aromatic heterocycles. The van der Waals surface area contributed by atoms with Crippen molar-refractivity contribution in [3.63, 3.8) is 0 Å². The summed E-state index contributed by atoms with van der Waals surface area (Å²) < 4.78 is 0. The van der Waals surface area contributed by atoms with E-state index in [2.05, 4.69) is 51.4 Å². The molecule has 1 aliphatic heterocycles. The molecule has 1 saturated heterocycles. The number of carbonyl (C=O) groups excluding carboxylic acids is 2. The third kappa shape index (κ3) is 4.80. The molecule has 180 valence electrons. The van der Waals surface area contributed by atoms with E-state index < -0.39 is 0 Å². The highest BCUT2D eigenvalue weighted by Crippen LogP contribution is 2.45. The number of carbonyl (C=O) groups is 2. The Hall–Kier alpha value is -2.38. The summed E-state index contributed by atoms with van der Waals surface area (Å²) in [7, 11) is 4.03. The number of benzene rings is 1. The molecule has 4 rings (SSSR count). The van der Waals surface area contributed by atoms with Crippen molar-refractivity contribution in [1.82, 2.24) is 25.0 Å². The van der Waals surface area contributed by atoms with Crippen molar-refractivity contribution in [1.29, 1.82) is 0 Å². The predicted octanol–water partition coefficient (Wildman–Crippen LogP) is 3.42. The maximum atomic E-state index is 13.8. The van der Waals surface area contributed by atoms with Gasteiger partial charge in [0.05, 0.1) is 5.92 Å². The van der Waals surface area contributed by atoms with Crippen LogP contribution in [0.1, 0.15) is 50.2 Å². The van der Waals surface area contributed by atoms with Crippen molar-refractivity contribution < 1.29 is 9.59 Å². The van der Waals surface area contributed by atoms with E-state index in [0.717, 1.165) is 45.3 Å². The monoisotopic (exact) mass is 453 g/mol. The normalized spacial score (nSPS) is 22.4. The Bertz CT molecular complexity index is 984. The summed E-state index contributed by atoms with van der Waals surface area (Å²) >= 11 is 0. The smallest absolute Gasteiger partial charge is 0.324 e. The lowest BCUT2D eigenvalue weighted by molar-refractivity contribution is -0.135. The van der Waals surface area contributed by atoms with Crippen LogP contribution in [0.25, 0.3) is 10.9 Å². The molecule has 0 saturated carbocycles. The van der Waals surface area contributed by atoms with Crippen molar-refractivity contribution >= 4 is 22.8 Å². The van der Waals surface area contributed by atoms with Crippen LogP contribution in [0.3, 0.4) is 0 Å². The molecule has 3 atom stereocenters. The maximum Gasteiger partial charge on any atom is 0.324 e. The number of nitrogens with one attached hydrogen (secondary N) is 2. The Morgan fingerprint density at radius 3 is 2.76 bits per heavy atom. The number of imide groups is 1. The number of aromatic nitrogens is 1. The minimum absolute atomic E-state index is 0.0219. The number of likely N-dealkylation sites (tertiary alicyclic amines) is 1. The van der Waals surface area contributed by atoms with Gasteiger partial charge in [0.25, 0.3) is 0 Å². The van der Waals surface area contributed by atoms with Crippen molar-refractivity contribution in [2.24, 2.45) is 5.92 Å². The van der Waals surface area contributed by atoms with E-state index in [1.165, 1.54) is 26.9 Å². The molecule has 2 N–H and O–H groups in total. The first-order valence-electron chi connectivity index (χ1n) is 12.5. The van der Waals surface area contributed by atoms with E-state index in [1.807, 2.05) is 21.0 Å². The van der Waals surface area contributed by atoms with E-state index in [4.69, 9.17) is 0 Å². The van der Waals surface area contributed by atoms with E-state index >= 15 is 0 Å². The fourth-order valence-electron chi connectivity index (χ4n) is 5.84. The largest absolute Gasteiger partial charge is 0.361 e. The minimum atomic E-state index is -0.260. The van der Waals surface area contributed by atoms with Crippen LogP contribution < -0.4 is 5.32 Å². The van der Waals surface area contributed by atoms with Gasteiger partial charge in [-0.15, -0.1) is 0 Å². The van der Waals surface area contributed by atoms with Crippen LogP contribution in [0.5, 0.6) is 0 Å². The van der Waals surface area contributed by atoms with Gasteiger partial charge in [-0.3, -0.25) is 14.6 Å². The minimum Gasteiger partial charge on any atom is -0.361 e. The summed E-state index contributed by atoms with van der Waals surface area (Å²) in [5.41, 5.74) is 3.93. The second-order valence-electron chi connectivity index (χ2n) is 9.87. The van der Waals surface area contributed by atoms with Gasteiger partial charge < -0.3 is 15.2 Å². The van der Waals surface area contributed by atoms with Crippen LogP contribution >= 0.6 is 0 Å². The van der Waals surface area contributed by atoms with Gasteiger partial charge in [-0.1, -0.05) is 19.1 Å². The summed E-state index contributed by atoms with van der Waals surface area (Å²) in [6.07, 6.45) is 5.81. The molecule has 7 heteroatoms. The third-order valence-electron chi connectivity index (χ3n) is 7.26. The Balaban J connectivity index is 1.61. The highest BCUT2D eigenvalue weighted by Gasteiger charge is 2.43. The molecule has 2 heterocycles. The lowest BCUT2D eigenvalue weighted by atomic mass is 9.72. The van der Waals surface area contributed by atoms with Crippen LogP contribution in [0.15, 0.2) is 24.4 Å². The first-order valence-corrected chi connectivity index (χ1v) is 12.5. The van der Waals surface area contributed by atoms with Crippen LogP contribution in [-0.4, -0.2) is 84.5 Å². The lowest BCUT2D eigenvalue weighted by Gasteiger charge is -2.47. The average molecular weight is 454 g/mol. The SMILES string of the molecule is CCCN1C[C@H](C(=O)N(CCCN(C)C)C(=O)NCC)CC2c3cccc4[nH]cc(c34)C[C@H]21. The first-order chi connectivity index (χ1) is 15.9. The van der Waals surface area contributed by atoms with E-state index in [1.54, 1.807) is 0 Å². The molecular weight excluding hydrogens is 414 g/mol. The summed E-state index contributed by atoms with van der Waals surface area (Å²) in [6, 6.07) is 6.66. The number of piperidine rings is 1. The Morgan fingerprint density at radius 2 is 2.03 bits per heavy atom. The molecule has 1 fully saturated rings. The van der Waals surface area contributed by atoms with Gasteiger partial charge in [0.1, 0.15) is 0 Å². The highest BCUT2D eigenvalue weighted by molar-refractivity contribution is 5.96. The molecular formula is C26H39N5O2. The fourth-order valence-corrected chi connectivity index (χ4v) is 5.84. The van der Waals surface area contributed by atoms with Gasteiger partial charge in [0, 0.05) is 48.7 Å². The first kappa shape index (κ1) is 23.8. The summed E-state index contributed by atoms with van der Waals surface area (Å²) in [5.74, 6) is 0.117. The number of hydrogen-bond donors (Lipinski definition) is 2. The molecule has 3 amide bonds. The average Bonchev–Trinajstić information content (AvgIpc) is 3.21.